The Labute approximate surface area is 74.6 Å². The Morgan fingerprint density at radius 2 is 2.25 bits per heavy atom. The van der Waals surface area contributed by atoms with Crippen LogP contribution in [0.5, 0.6) is 0 Å². The molecule has 1 saturated heterocycles. The van der Waals surface area contributed by atoms with Crippen molar-refractivity contribution in [3.05, 3.63) is 11.8 Å². The first kappa shape index (κ1) is 9.59. The molecule has 0 aromatic carbocycles. The summed E-state index contributed by atoms with van der Waals surface area (Å²) >= 11 is 0. The van der Waals surface area contributed by atoms with Gasteiger partial charge in [0.25, 0.3) is 0 Å². The lowest BCUT2D eigenvalue weighted by atomic mass is 10.2. The molecule has 1 fully saturated rings. The molecule has 0 spiro atoms. The molecule has 0 aromatic rings. The van der Waals surface area contributed by atoms with E-state index in [1.54, 1.807) is 0 Å². The third-order valence-corrected chi connectivity index (χ3v) is 1.94. The van der Waals surface area contributed by atoms with E-state index in [2.05, 4.69) is 13.0 Å². The topological polar surface area (TPSA) is 18.5 Å². The minimum absolute atomic E-state index is 0.673. The monoisotopic (exact) mass is 170 g/mol. The van der Waals surface area contributed by atoms with Gasteiger partial charge in [-0.25, -0.2) is 0 Å². The molecule has 0 bridgehead atoms. The lowest BCUT2D eigenvalue weighted by Gasteiger charge is -2.16. The van der Waals surface area contributed by atoms with Crippen LogP contribution in [0, 0.1) is 0 Å². The Bertz CT molecular complexity index is 133. The smallest absolute Gasteiger partial charge is 0.118 e. The van der Waals surface area contributed by atoms with Gasteiger partial charge in [0.05, 0.1) is 6.61 Å². The Kier molecular flexibility index (Phi) is 4.85. The molecule has 0 N–H and O–H groups in total. The van der Waals surface area contributed by atoms with Gasteiger partial charge in [-0.3, -0.25) is 0 Å². The molecule has 0 saturated carbocycles. The Morgan fingerprint density at radius 3 is 2.92 bits per heavy atom. The first-order valence-electron chi connectivity index (χ1n) is 4.83. The molecule has 0 amide bonds. The van der Waals surface area contributed by atoms with Gasteiger partial charge in [0.15, 0.2) is 0 Å². The average molecular weight is 170 g/mol. The quantitative estimate of drug-likeness (QED) is 0.603. The van der Waals surface area contributed by atoms with Gasteiger partial charge in [-0.1, -0.05) is 19.8 Å². The largest absolute Gasteiger partial charge is 0.493 e. The maximum absolute atomic E-state index is 5.39. The van der Waals surface area contributed by atoms with E-state index in [1.165, 1.54) is 19.3 Å². The van der Waals surface area contributed by atoms with E-state index in [0.29, 0.717) is 6.61 Å². The molecule has 2 nitrogen and oxygen atoms in total. The maximum atomic E-state index is 5.39. The van der Waals surface area contributed by atoms with E-state index in [4.69, 9.17) is 9.47 Å². The number of hydrogen-bond donors (Lipinski definition) is 0. The normalized spacial score (nSPS) is 20.9. The third kappa shape index (κ3) is 3.77. The number of allylic oxidation sites excluding steroid dienone is 1. The zero-order valence-corrected chi connectivity index (χ0v) is 7.84. The van der Waals surface area contributed by atoms with Gasteiger partial charge in [0.2, 0.25) is 0 Å². The van der Waals surface area contributed by atoms with Gasteiger partial charge in [-0.2, -0.15) is 0 Å². The highest BCUT2D eigenvalue weighted by atomic mass is 16.6. The van der Waals surface area contributed by atoms with Crippen molar-refractivity contribution >= 4 is 0 Å². The summed E-state index contributed by atoms with van der Waals surface area (Å²) in [7, 11) is 0. The lowest BCUT2D eigenvalue weighted by Crippen LogP contribution is -2.15. The standard InChI is InChI=1S/C10H18O2/c1-2-3-4-5-6-10-9-11-7-8-12-10/h6H,2-5,7-9H2,1H3. The fourth-order valence-corrected chi connectivity index (χ4v) is 1.22. The molecule has 1 rings (SSSR count). The van der Waals surface area contributed by atoms with Crippen molar-refractivity contribution in [1.82, 2.24) is 0 Å². The second-order valence-corrected chi connectivity index (χ2v) is 3.07. The zero-order valence-electron chi connectivity index (χ0n) is 7.84. The van der Waals surface area contributed by atoms with Crippen LogP contribution in [0.3, 0.4) is 0 Å². The van der Waals surface area contributed by atoms with Gasteiger partial charge in [0.1, 0.15) is 19.0 Å². The number of rotatable bonds is 4. The molecule has 70 valence electrons. The van der Waals surface area contributed by atoms with Crippen molar-refractivity contribution in [2.75, 3.05) is 19.8 Å². The summed E-state index contributed by atoms with van der Waals surface area (Å²) in [5.41, 5.74) is 0. The van der Waals surface area contributed by atoms with Crippen LogP contribution in [-0.4, -0.2) is 19.8 Å². The average Bonchev–Trinajstić information content (AvgIpc) is 2.14. The molecule has 1 heterocycles. The van der Waals surface area contributed by atoms with E-state index in [0.717, 1.165) is 25.4 Å². The number of unbranched alkanes of at least 4 members (excludes halogenated alkanes) is 3. The summed E-state index contributed by atoms with van der Waals surface area (Å²) in [5.74, 6) is 1.03. The van der Waals surface area contributed by atoms with Crippen LogP contribution >= 0.6 is 0 Å². The van der Waals surface area contributed by atoms with Crippen molar-refractivity contribution in [3.63, 3.8) is 0 Å². The molecule has 0 atom stereocenters. The van der Waals surface area contributed by atoms with Crippen LogP contribution < -0.4 is 0 Å². The molecular formula is C10H18O2. The van der Waals surface area contributed by atoms with E-state index in [1.807, 2.05) is 0 Å². The highest BCUT2D eigenvalue weighted by Crippen LogP contribution is 2.08. The molecule has 0 radical (unpaired) electrons. The van der Waals surface area contributed by atoms with Crippen LogP contribution in [0.25, 0.3) is 0 Å². The van der Waals surface area contributed by atoms with Crippen molar-refractivity contribution < 1.29 is 9.47 Å². The Balaban J connectivity index is 2.08. The van der Waals surface area contributed by atoms with Crippen LogP contribution in [0.1, 0.15) is 32.6 Å². The van der Waals surface area contributed by atoms with Gasteiger partial charge >= 0.3 is 0 Å². The van der Waals surface area contributed by atoms with Crippen molar-refractivity contribution in [1.29, 1.82) is 0 Å². The predicted octanol–water partition coefficient (Wildman–Crippen LogP) is 2.50. The summed E-state index contributed by atoms with van der Waals surface area (Å²) < 4.78 is 10.6. The first-order chi connectivity index (χ1) is 5.93. The molecule has 0 aromatic heterocycles. The molecule has 12 heavy (non-hydrogen) atoms. The Hall–Kier alpha value is -0.500. The van der Waals surface area contributed by atoms with Crippen LogP contribution in [-0.2, 0) is 9.47 Å². The predicted molar refractivity (Wildman–Crippen MR) is 49.0 cm³/mol. The van der Waals surface area contributed by atoms with E-state index < -0.39 is 0 Å². The third-order valence-electron chi connectivity index (χ3n) is 1.94. The summed E-state index contributed by atoms with van der Waals surface area (Å²) in [6, 6.07) is 0. The molecule has 1 aliphatic rings. The highest BCUT2D eigenvalue weighted by molar-refractivity contribution is 4.94. The van der Waals surface area contributed by atoms with Gasteiger partial charge in [0, 0.05) is 0 Å². The minimum Gasteiger partial charge on any atom is -0.493 e. The zero-order chi connectivity index (χ0) is 8.65. The van der Waals surface area contributed by atoms with E-state index >= 15 is 0 Å². The summed E-state index contributed by atoms with van der Waals surface area (Å²) in [5, 5.41) is 0. The number of hydrogen-bond acceptors (Lipinski definition) is 2. The van der Waals surface area contributed by atoms with E-state index in [9.17, 15) is 0 Å². The highest BCUT2D eigenvalue weighted by Gasteiger charge is 2.04. The van der Waals surface area contributed by atoms with Crippen LogP contribution in [0.15, 0.2) is 11.8 Å². The van der Waals surface area contributed by atoms with Gasteiger partial charge < -0.3 is 9.47 Å². The minimum atomic E-state index is 0.673. The molecule has 0 aliphatic carbocycles. The molecular weight excluding hydrogens is 152 g/mol. The van der Waals surface area contributed by atoms with Crippen molar-refractivity contribution in [2.45, 2.75) is 32.6 Å². The summed E-state index contributed by atoms with van der Waals surface area (Å²) in [6.07, 6.45) is 7.15. The van der Waals surface area contributed by atoms with Gasteiger partial charge in [-0.05, 0) is 18.9 Å². The molecule has 1 aliphatic heterocycles. The fourth-order valence-electron chi connectivity index (χ4n) is 1.22. The van der Waals surface area contributed by atoms with Crippen molar-refractivity contribution in [2.24, 2.45) is 0 Å². The maximum Gasteiger partial charge on any atom is 0.118 e. The van der Waals surface area contributed by atoms with Crippen LogP contribution in [0.2, 0.25) is 0 Å². The van der Waals surface area contributed by atoms with Gasteiger partial charge in [-0.15, -0.1) is 0 Å². The fraction of sp³-hybridized carbons (Fsp3) is 0.800. The van der Waals surface area contributed by atoms with E-state index in [-0.39, 0.29) is 0 Å². The number of ether oxygens (including phenoxy) is 2. The lowest BCUT2D eigenvalue weighted by molar-refractivity contribution is 0.0128. The SMILES string of the molecule is CCCCCC=C1COCCO1. The molecule has 2 heteroatoms. The van der Waals surface area contributed by atoms with Crippen molar-refractivity contribution in [3.8, 4) is 0 Å². The Morgan fingerprint density at radius 1 is 1.33 bits per heavy atom. The second kappa shape index (κ2) is 6.06. The first-order valence-corrected chi connectivity index (χ1v) is 4.83. The summed E-state index contributed by atoms with van der Waals surface area (Å²) in [4.78, 5) is 0. The summed E-state index contributed by atoms with van der Waals surface area (Å²) in [6.45, 7) is 4.35. The molecule has 0 unspecified atom stereocenters. The van der Waals surface area contributed by atoms with Crippen LogP contribution in [0.4, 0.5) is 0 Å². The second-order valence-electron chi connectivity index (χ2n) is 3.07.